The van der Waals surface area contributed by atoms with Crippen LogP contribution in [0.1, 0.15) is 10.4 Å². The molecule has 2 aromatic carbocycles. The molecule has 2 N–H and O–H groups in total. The molecule has 0 bridgehead atoms. The van der Waals surface area contributed by atoms with E-state index in [2.05, 4.69) is 20.6 Å². The van der Waals surface area contributed by atoms with Crippen LogP contribution < -0.4 is 0 Å². The lowest BCUT2D eigenvalue weighted by molar-refractivity contribution is 0.0697. The Bertz CT molecular complexity index is 637. The molecule has 0 aliphatic heterocycles. The number of tetrazole rings is 1. The lowest BCUT2D eigenvalue weighted by Gasteiger charge is -2.05. The van der Waals surface area contributed by atoms with E-state index in [-0.39, 0.29) is 0 Å². The smallest absolute Gasteiger partial charge is 0.336 e. The number of hydrogen-bond acceptors (Lipinski definition) is 4. The van der Waals surface area contributed by atoms with Crippen molar-refractivity contribution in [2.75, 3.05) is 0 Å². The summed E-state index contributed by atoms with van der Waals surface area (Å²) in [4.78, 5) is 11.0. The van der Waals surface area contributed by atoms with E-state index >= 15 is 0 Å². The van der Waals surface area contributed by atoms with E-state index in [1.165, 1.54) is 6.33 Å². The van der Waals surface area contributed by atoms with Crippen molar-refractivity contribution in [3.63, 3.8) is 0 Å². The van der Waals surface area contributed by atoms with Gasteiger partial charge in [-0.15, -0.1) is 5.10 Å². The third-order valence-corrected chi connectivity index (χ3v) is 2.51. The molecule has 0 amide bonds. The van der Waals surface area contributed by atoms with Crippen LogP contribution in [0, 0.1) is 0 Å². The number of aromatic carboxylic acids is 1. The zero-order valence-electron chi connectivity index (χ0n) is 10.5. The largest absolute Gasteiger partial charge is 0.478 e. The van der Waals surface area contributed by atoms with E-state index in [1.807, 2.05) is 42.5 Å². The third-order valence-electron chi connectivity index (χ3n) is 2.51. The van der Waals surface area contributed by atoms with E-state index in [4.69, 9.17) is 5.11 Å². The van der Waals surface area contributed by atoms with E-state index in [0.29, 0.717) is 5.56 Å². The molecule has 3 aromatic rings. The molecule has 0 fully saturated rings. The topological polar surface area (TPSA) is 91.8 Å². The highest BCUT2D eigenvalue weighted by Crippen LogP contribution is 2.22. The highest BCUT2D eigenvalue weighted by Gasteiger charge is 2.09. The second-order valence-corrected chi connectivity index (χ2v) is 3.78. The minimum absolute atomic E-state index is 0.337. The zero-order valence-corrected chi connectivity index (χ0v) is 10.5. The summed E-state index contributed by atoms with van der Waals surface area (Å²) in [6.45, 7) is 0. The number of H-pyrrole nitrogens is 1. The molecule has 0 aliphatic carbocycles. The highest BCUT2D eigenvalue weighted by atomic mass is 16.4. The van der Waals surface area contributed by atoms with Gasteiger partial charge in [0, 0.05) is 0 Å². The minimum atomic E-state index is -0.894. The summed E-state index contributed by atoms with van der Waals surface area (Å²) >= 11 is 0. The van der Waals surface area contributed by atoms with Crippen molar-refractivity contribution in [1.82, 2.24) is 20.6 Å². The Kier molecular flexibility index (Phi) is 4.55. The molecule has 20 heavy (non-hydrogen) atoms. The van der Waals surface area contributed by atoms with E-state index in [1.54, 1.807) is 12.1 Å². The number of nitrogens with zero attached hydrogens (tertiary/aromatic N) is 3. The van der Waals surface area contributed by atoms with Crippen molar-refractivity contribution < 1.29 is 9.90 Å². The molecule has 0 spiro atoms. The molecule has 0 saturated carbocycles. The second kappa shape index (κ2) is 6.79. The maximum absolute atomic E-state index is 11.0. The maximum atomic E-state index is 11.0. The van der Waals surface area contributed by atoms with Gasteiger partial charge in [-0.2, -0.15) is 0 Å². The first-order chi connectivity index (χ1) is 9.79. The Labute approximate surface area is 115 Å². The first-order valence-corrected chi connectivity index (χ1v) is 5.84. The normalized spacial score (nSPS) is 9.40. The number of carboxylic acid groups (broad SMARTS) is 1. The first kappa shape index (κ1) is 13.4. The molecule has 0 saturated heterocycles. The molecule has 6 heteroatoms. The molecule has 3 rings (SSSR count). The van der Waals surface area contributed by atoms with Crippen LogP contribution in [0.3, 0.4) is 0 Å². The van der Waals surface area contributed by atoms with Gasteiger partial charge in [0.1, 0.15) is 6.33 Å². The van der Waals surface area contributed by atoms with E-state index < -0.39 is 5.97 Å². The summed E-state index contributed by atoms with van der Waals surface area (Å²) in [6.07, 6.45) is 1.40. The number of carboxylic acids is 1. The van der Waals surface area contributed by atoms with Crippen molar-refractivity contribution in [2.24, 2.45) is 0 Å². The number of benzene rings is 2. The van der Waals surface area contributed by atoms with Gasteiger partial charge in [-0.25, -0.2) is 9.89 Å². The van der Waals surface area contributed by atoms with Crippen LogP contribution in [-0.4, -0.2) is 31.7 Å². The first-order valence-electron chi connectivity index (χ1n) is 5.84. The zero-order chi connectivity index (χ0) is 14.2. The molecule has 0 aliphatic rings. The predicted octanol–water partition coefficient (Wildman–Crippen LogP) is 2.25. The Morgan fingerprint density at radius 3 is 2.25 bits per heavy atom. The van der Waals surface area contributed by atoms with Crippen LogP contribution in [0.25, 0.3) is 11.1 Å². The standard InChI is InChI=1S/C13H10O2.CH2N4/c14-13(15)12-9-5-4-8-11(12)10-6-2-1-3-7-10;1-2-4-5-3-1/h1-9H,(H,14,15);1H,(H,2,3,4,5). The molecule has 100 valence electrons. The van der Waals surface area contributed by atoms with E-state index in [9.17, 15) is 4.79 Å². The van der Waals surface area contributed by atoms with E-state index in [0.717, 1.165) is 11.1 Å². The molecular weight excluding hydrogens is 256 g/mol. The number of rotatable bonds is 2. The minimum Gasteiger partial charge on any atom is -0.478 e. The summed E-state index contributed by atoms with van der Waals surface area (Å²) in [6, 6.07) is 16.5. The number of hydrogen-bond donors (Lipinski definition) is 2. The van der Waals surface area contributed by atoms with Crippen LogP contribution in [0.4, 0.5) is 0 Å². The molecule has 6 nitrogen and oxygen atoms in total. The van der Waals surface area contributed by atoms with Gasteiger partial charge in [-0.05, 0) is 27.6 Å². The maximum Gasteiger partial charge on any atom is 0.336 e. The van der Waals surface area contributed by atoms with Crippen molar-refractivity contribution in [2.45, 2.75) is 0 Å². The fraction of sp³-hybridized carbons (Fsp3) is 0. The van der Waals surface area contributed by atoms with Gasteiger partial charge < -0.3 is 5.11 Å². The number of nitrogens with one attached hydrogen (secondary N) is 1. The Morgan fingerprint density at radius 1 is 1.00 bits per heavy atom. The van der Waals surface area contributed by atoms with Crippen LogP contribution in [0.2, 0.25) is 0 Å². The SMILES string of the molecule is O=C(O)c1ccccc1-c1ccccc1.c1nnn[nH]1. The number of aromatic nitrogens is 4. The monoisotopic (exact) mass is 268 g/mol. The molecule has 1 heterocycles. The lowest BCUT2D eigenvalue weighted by Crippen LogP contribution is -1.98. The average Bonchev–Trinajstić information content (AvgIpc) is 3.08. The van der Waals surface area contributed by atoms with Gasteiger partial charge in [0.15, 0.2) is 0 Å². The van der Waals surface area contributed by atoms with Crippen molar-refractivity contribution in [3.8, 4) is 11.1 Å². The summed E-state index contributed by atoms with van der Waals surface area (Å²) < 4.78 is 0. The Balaban J connectivity index is 0.000000247. The van der Waals surface area contributed by atoms with Gasteiger partial charge >= 0.3 is 5.97 Å². The fourth-order valence-corrected chi connectivity index (χ4v) is 1.67. The molecule has 0 atom stereocenters. The number of carbonyl (C=O) groups is 1. The molecule has 1 aromatic heterocycles. The van der Waals surface area contributed by atoms with Gasteiger partial charge in [0.25, 0.3) is 0 Å². The predicted molar refractivity (Wildman–Crippen MR) is 73.0 cm³/mol. The van der Waals surface area contributed by atoms with Gasteiger partial charge in [0.2, 0.25) is 0 Å². The number of aromatic amines is 1. The van der Waals surface area contributed by atoms with Gasteiger partial charge in [-0.1, -0.05) is 48.5 Å². The molecule has 0 radical (unpaired) electrons. The highest BCUT2D eigenvalue weighted by molar-refractivity contribution is 5.95. The third kappa shape index (κ3) is 3.49. The van der Waals surface area contributed by atoms with Gasteiger partial charge in [-0.3, -0.25) is 0 Å². The quantitative estimate of drug-likeness (QED) is 0.743. The van der Waals surface area contributed by atoms with Crippen LogP contribution in [0.15, 0.2) is 60.9 Å². The van der Waals surface area contributed by atoms with Crippen molar-refractivity contribution in [1.29, 1.82) is 0 Å². The van der Waals surface area contributed by atoms with Crippen molar-refractivity contribution in [3.05, 3.63) is 66.5 Å². The summed E-state index contributed by atoms with van der Waals surface area (Å²) in [5.41, 5.74) is 2.02. The summed E-state index contributed by atoms with van der Waals surface area (Å²) in [7, 11) is 0. The Hall–Kier alpha value is -3.02. The van der Waals surface area contributed by atoms with Crippen molar-refractivity contribution >= 4 is 5.97 Å². The van der Waals surface area contributed by atoms with Crippen LogP contribution in [0.5, 0.6) is 0 Å². The lowest BCUT2D eigenvalue weighted by atomic mass is 10.00. The average molecular weight is 268 g/mol. The molecule has 0 unspecified atom stereocenters. The fourth-order valence-electron chi connectivity index (χ4n) is 1.67. The van der Waals surface area contributed by atoms with Gasteiger partial charge in [0.05, 0.1) is 5.56 Å². The van der Waals surface area contributed by atoms with Crippen LogP contribution >= 0.6 is 0 Å². The Morgan fingerprint density at radius 2 is 1.70 bits per heavy atom. The second-order valence-electron chi connectivity index (χ2n) is 3.78. The summed E-state index contributed by atoms with van der Waals surface area (Å²) in [5.74, 6) is -0.894. The summed E-state index contributed by atoms with van der Waals surface area (Å²) in [5, 5.41) is 21.1. The molecular formula is C14H12N4O2. The van der Waals surface area contributed by atoms with Crippen LogP contribution in [-0.2, 0) is 0 Å².